The van der Waals surface area contributed by atoms with E-state index in [4.69, 9.17) is 18.9 Å². The van der Waals surface area contributed by atoms with Gasteiger partial charge in [0.25, 0.3) is 0 Å². The minimum atomic E-state index is 0. The Morgan fingerprint density at radius 2 is 1.11 bits per heavy atom. The normalized spacial score (nSPS) is 20.5. The molecular formula is C29H43ClN2O4. The van der Waals surface area contributed by atoms with Crippen LogP contribution in [0.25, 0.3) is 0 Å². The zero-order chi connectivity index (χ0) is 25.1. The van der Waals surface area contributed by atoms with Crippen LogP contribution >= 0.6 is 12.4 Å². The largest absolute Gasteiger partial charge is 0.493 e. The number of ether oxygens (including phenoxy) is 4. The lowest BCUT2D eigenvalue weighted by Crippen LogP contribution is -2.44. The first-order valence-corrected chi connectivity index (χ1v) is 12.9. The SMILES string of the molecule is CCCCC(C1c2cc(OC)c(OC)cc2CCN1C)C1c2cc(OC)c(OC)cc2CCN1C.Cl. The van der Waals surface area contributed by atoms with Gasteiger partial charge < -0.3 is 18.9 Å². The van der Waals surface area contributed by atoms with Crippen LogP contribution in [-0.4, -0.2) is 65.4 Å². The van der Waals surface area contributed by atoms with Gasteiger partial charge in [-0.15, -0.1) is 12.4 Å². The molecule has 0 aromatic heterocycles. The molecule has 4 rings (SSSR count). The van der Waals surface area contributed by atoms with Crippen molar-refractivity contribution in [1.29, 1.82) is 0 Å². The second-order valence-electron chi connectivity index (χ2n) is 9.97. The molecule has 0 saturated carbocycles. The van der Waals surface area contributed by atoms with Crippen molar-refractivity contribution in [2.24, 2.45) is 5.92 Å². The zero-order valence-corrected chi connectivity index (χ0v) is 23.7. The summed E-state index contributed by atoms with van der Waals surface area (Å²) in [6, 6.07) is 9.42. The minimum absolute atomic E-state index is 0. The second kappa shape index (κ2) is 12.4. The van der Waals surface area contributed by atoms with Gasteiger partial charge in [-0.2, -0.15) is 0 Å². The Morgan fingerprint density at radius 1 is 0.722 bits per heavy atom. The summed E-state index contributed by atoms with van der Waals surface area (Å²) in [5.74, 6) is 3.67. The van der Waals surface area contributed by atoms with Crippen LogP contribution < -0.4 is 18.9 Å². The van der Waals surface area contributed by atoms with Crippen molar-refractivity contribution in [3.05, 3.63) is 46.5 Å². The molecule has 0 spiro atoms. The van der Waals surface area contributed by atoms with E-state index in [0.29, 0.717) is 5.92 Å². The number of methoxy groups -OCH3 is 4. The molecule has 0 N–H and O–H groups in total. The number of nitrogens with zero attached hydrogens (tertiary/aromatic N) is 2. The maximum absolute atomic E-state index is 5.74. The Bertz CT molecular complexity index is 953. The van der Waals surface area contributed by atoms with Crippen LogP contribution in [0.15, 0.2) is 24.3 Å². The molecule has 0 radical (unpaired) electrons. The van der Waals surface area contributed by atoms with Crippen LogP contribution in [0.4, 0.5) is 0 Å². The summed E-state index contributed by atoms with van der Waals surface area (Å²) < 4.78 is 22.8. The Labute approximate surface area is 223 Å². The van der Waals surface area contributed by atoms with E-state index in [0.717, 1.165) is 55.4 Å². The Morgan fingerprint density at radius 3 is 1.47 bits per heavy atom. The molecule has 36 heavy (non-hydrogen) atoms. The molecule has 0 fully saturated rings. The van der Waals surface area contributed by atoms with Crippen molar-refractivity contribution in [2.75, 3.05) is 55.6 Å². The van der Waals surface area contributed by atoms with Crippen molar-refractivity contribution in [2.45, 2.75) is 51.1 Å². The number of unbranched alkanes of at least 4 members (excludes halogenated alkanes) is 1. The van der Waals surface area contributed by atoms with Gasteiger partial charge in [0.05, 0.1) is 28.4 Å². The number of halogens is 1. The molecule has 0 bridgehead atoms. The summed E-state index contributed by atoms with van der Waals surface area (Å²) in [5, 5.41) is 0. The van der Waals surface area contributed by atoms with Crippen molar-refractivity contribution >= 4 is 12.4 Å². The number of hydrogen-bond donors (Lipinski definition) is 0. The summed E-state index contributed by atoms with van der Waals surface area (Å²) in [6.45, 7) is 4.35. The van der Waals surface area contributed by atoms with Gasteiger partial charge in [0.2, 0.25) is 0 Å². The van der Waals surface area contributed by atoms with Gasteiger partial charge in [0.15, 0.2) is 23.0 Å². The lowest BCUT2D eigenvalue weighted by atomic mass is 9.74. The van der Waals surface area contributed by atoms with Crippen LogP contribution in [0, 0.1) is 5.92 Å². The summed E-state index contributed by atoms with van der Waals surface area (Å²) in [5.41, 5.74) is 5.49. The highest BCUT2D eigenvalue weighted by molar-refractivity contribution is 5.85. The van der Waals surface area contributed by atoms with E-state index in [1.165, 1.54) is 35.1 Å². The number of rotatable bonds is 9. The fourth-order valence-corrected chi connectivity index (χ4v) is 6.25. The summed E-state index contributed by atoms with van der Waals surface area (Å²) in [7, 11) is 11.5. The molecular weight excluding hydrogens is 476 g/mol. The summed E-state index contributed by atoms with van der Waals surface area (Å²) in [4.78, 5) is 5.11. The molecule has 2 aromatic rings. The van der Waals surface area contributed by atoms with E-state index in [1.54, 1.807) is 28.4 Å². The van der Waals surface area contributed by atoms with Crippen LogP contribution in [0.5, 0.6) is 23.0 Å². The van der Waals surface area contributed by atoms with Crippen LogP contribution in [0.2, 0.25) is 0 Å². The molecule has 7 heteroatoms. The lowest BCUT2D eigenvalue weighted by Gasteiger charge is -2.47. The van der Waals surface area contributed by atoms with Crippen LogP contribution in [-0.2, 0) is 12.8 Å². The monoisotopic (exact) mass is 518 g/mol. The van der Waals surface area contributed by atoms with Crippen molar-refractivity contribution in [3.8, 4) is 23.0 Å². The van der Waals surface area contributed by atoms with Gasteiger partial charge in [-0.3, -0.25) is 9.80 Å². The van der Waals surface area contributed by atoms with E-state index in [-0.39, 0.29) is 24.5 Å². The number of hydrogen-bond acceptors (Lipinski definition) is 6. The van der Waals surface area contributed by atoms with Gasteiger partial charge >= 0.3 is 0 Å². The topological polar surface area (TPSA) is 43.4 Å². The maximum atomic E-state index is 5.74. The highest BCUT2D eigenvalue weighted by Crippen LogP contribution is 2.50. The van der Waals surface area contributed by atoms with E-state index >= 15 is 0 Å². The van der Waals surface area contributed by atoms with Crippen molar-refractivity contribution in [1.82, 2.24) is 9.80 Å². The molecule has 2 aliphatic heterocycles. The van der Waals surface area contributed by atoms with E-state index in [1.807, 2.05) is 0 Å². The smallest absolute Gasteiger partial charge is 0.161 e. The number of benzene rings is 2. The second-order valence-corrected chi connectivity index (χ2v) is 9.97. The minimum Gasteiger partial charge on any atom is -0.493 e. The van der Waals surface area contributed by atoms with E-state index in [9.17, 15) is 0 Å². The Hall–Kier alpha value is -2.15. The Balaban J connectivity index is 0.00000361. The van der Waals surface area contributed by atoms with E-state index in [2.05, 4.69) is 55.1 Å². The average molecular weight is 519 g/mol. The summed E-state index contributed by atoms with van der Waals surface area (Å²) >= 11 is 0. The molecule has 0 saturated heterocycles. The van der Waals surface area contributed by atoms with Crippen molar-refractivity contribution < 1.29 is 18.9 Å². The molecule has 6 nitrogen and oxygen atoms in total. The van der Waals surface area contributed by atoms with Gasteiger partial charge in [-0.1, -0.05) is 19.8 Å². The first-order chi connectivity index (χ1) is 17.0. The molecule has 0 amide bonds. The Kier molecular flexibility index (Phi) is 9.79. The molecule has 0 aliphatic carbocycles. The van der Waals surface area contributed by atoms with Crippen LogP contribution in [0.3, 0.4) is 0 Å². The fourth-order valence-electron chi connectivity index (χ4n) is 6.25. The highest BCUT2D eigenvalue weighted by atomic mass is 35.5. The van der Waals surface area contributed by atoms with Crippen LogP contribution in [0.1, 0.15) is 60.5 Å². The third-order valence-corrected chi connectivity index (χ3v) is 8.05. The molecule has 2 atom stereocenters. The zero-order valence-electron chi connectivity index (χ0n) is 22.9. The van der Waals surface area contributed by atoms with Gasteiger partial charge in [0, 0.05) is 25.2 Å². The lowest BCUT2D eigenvalue weighted by molar-refractivity contribution is 0.0679. The van der Waals surface area contributed by atoms with Gasteiger partial charge in [-0.25, -0.2) is 0 Å². The molecule has 2 unspecified atom stereocenters. The summed E-state index contributed by atoms with van der Waals surface area (Å²) in [6.07, 6.45) is 5.57. The average Bonchev–Trinajstić information content (AvgIpc) is 2.88. The number of fused-ring (bicyclic) bond motifs is 2. The molecule has 2 aromatic carbocycles. The van der Waals surface area contributed by atoms with Gasteiger partial charge in [-0.05, 0) is 85.8 Å². The molecule has 2 heterocycles. The predicted molar refractivity (Wildman–Crippen MR) is 148 cm³/mol. The van der Waals surface area contributed by atoms with E-state index < -0.39 is 0 Å². The standard InChI is InChI=1S/C29H42N2O4.ClH/c1-8-9-10-21(28-22-17-26(34-6)24(32-4)15-19(22)11-13-30(28)2)29-23-18-27(35-7)25(33-5)16-20(23)12-14-31(29)3;/h15-18,21,28-29H,8-14H2,1-7H3;1H. The first kappa shape index (κ1) is 28.4. The maximum Gasteiger partial charge on any atom is 0.161 e. The highest BCUT2D eigenvalue weighted by Gasteiger charge is 2.41. The number of likely N-dealkylation sites (N-methyl/N-ethyl adjacent to an activating group) is 2. The van der Waals surface area contributed by atoms with Crippen molar-refractivity contribution in [3.63, 3.8) is 0 Å². The molecule has 2 aliphatic rings. The van der Waals surface area contributed by atoms with Gasteiger partial charge in [0.1, 0.15) is 0 Å². The first-order valence-electron chi connectivity index (χ1n) is 12.9. The quantitative estimate of drug-likeness (QED) is 0.424. The molecule has 200 valence electrons. The third-order valence-electron chi connectivity index (χ3n) is 8.05. The predicted octanol–water partition coefficient (Wildman–Crippen LogP) is 5.71. The third kappa shape index (κ3) is 5.27. The fraction of sp³-hybridized carbons (Fsp3) is 0.586.